The Morgan fingerprint density at radius 3 is 2.54 bits per heavy atom. The molecule has 0 atom stereocenters. The zero-order valence-corrected chi connectivity index (χ0v) is 8.45. The maximum absolute atomic E-state index is 8.78. The molecule has 0 aliphatic heterocycles. The minimum absolute atomic E-state index is 0.130. The molecule has 0 aromatic carbocycles. The van der Waals surface area contributed by atoms with E-state index in [1.54, 1.807) is 0 Å². The van der Waals surface area contributed by atoms with Gasteiger partial charge in [0.1, 0.15) is 6.33 Å². The number of rotatable bonds is 0. The third kappa shape index (κ3) is 2.18. The summed E-state index contributed by atoms with van der Waals surface area (Å²) in [7, 11) is 0. The van der Waals surface area contributed by atoms with Gasteiger partial charge in [0.2, 0.25) is 5.28 Å². The molecule has 0 unspecified atom stereocenters. The molecule has 0 amide bonds. The summed E-state index contributed by atoms with van der Waals surface area (Å²) in [5.74, 6) is 0.395. The van der Waals surface area contributed by atoms with Gasteiger partial charge >= 0.3 is 0 Å². The van der Waals surface area contributed by atoms with Crippen LogP contribution in [0.15, 0.2) is 11.5 Å². The number of nitrogens with zero attached hydrogens (tertiary/aromatic N) is 4. The van der Waals surface area contributed by atoms with E-state index in [9.17, 15) is 0 Å². The van der Waals surface area contributed by atoms with Gasteiger partial charge in [-0.15, -0.1) is 5.10 Å². The largest absolute Gasteiger partial charge is 0.409 e. The van der Waals surface area contributed by atoms with Crippen molar-refractivity contribution in [3.8, 4) is 0 Å². The summed E-state index contributed by atoms with van der Waals surface area (Å²) >= 11 is 5.53. The van der Waals surface area contributed by atoms with Gasteiger partial charge in [0, 0.05) is 5.41 Å². The first-order chi connectivity index (χ1) is 5.95. The number of aromatic nitrogens is 3. The lowest BCUT2D eigenvalue weighted by molar-refractivity contribution is 0.306. The van der Waals surface area contributed by atoms with Gasteiger partial charge in [0.05, 0.1) is 0 Å². The quantitative estimate of drug-likeness (QED) is 0.301. The molecule has 0 radical (unpaired) electrons. The van der Waals surface area contributed by atoms with Crippen LogP contribution in [0, 0.1) is 5.41 Å². The van der Waals surface area contributed by atoms with E-state index in [-0.39, 0.29) is 10.7 Å². The molecule has 0 aliphatic rings. The number of oxime groups is 1. The van der Waals surface area contributed by atoms with E-state index < -0.39 is 0 Å². The van der Waals surface area contributed by atoms with E-state index in [0.717, 1.165) is 0 Å². The minimum Gasteiger partial charge on any atom is -0.409 e. The standard InChI is InChI=1S/C7H11ClN4O/c1-7(2,3)5(11-13)12-4-9-6(8)10-12/h4,13H,1-3H3/b11-5+. The monoisotopic (exact) mass is 202 g/mol. The maximum Gasteiger partial charge on any atom is 0.242 e. The number of hydrogen-bond donors (Lipinski definition) is 1. The van der Waals surface area contributed by atoms with E-state index in [4.69, 9.17) is 16.8 Å². The molecule has 1 aromatic rings. The first kappa shape index (κ1) is 9.98. The summed E-state index contributed by atoms with van der Waals surface area (Å²) in [5, 5.41) is 15.9. The van der Waals surface area contributed by atoms with Crippen molar-refractivity contribution in [3.05, 3.63) is 11.6 Å². The first-order valence-corrected chi connectivity index (χ1v) is 4.13. The average molecular weight is 203 g/mol. The van der Waals surface area contributed by atoms with Crippen LogP contribution in [0.2, 0.25) is 5.28 Å². The highest BCUT2D eigenvalue weighted by Gasteiger charge is 2.22. The molecule has 72 valence electrons. The summed E-state index contributed by atoms with van der Waals surface area (Å²) in [6, 6.07) is 0. The zero-order chi connectivity index (χ0) is 10.1. The van der Waals surface area contributed by atoms with Crippen molar-refractivity contribution in [2.45, 2.75) is 20.8 Å². The predicted octanol–water partition coefficient (Wildman–Crippen LogP) is 1.61. The molecule has 0 spiro atoms. The van der Waals surface area contributed by atoms with Gasteiger partial charge in [-0.1, -0.05) is 25.9 Å². The van der Waals surface area contributed by atoms with Gasteiger partial charge in [-0.05, 0) is 11.6 Å². The highest BCUT2D eigenvalue weighted by atomic mass is 35.5. The maximum atomic E-state index is 8.78. The van der Waals surface area contributed by atoms with E-state index in [2.05, 4.69) is 15.2 Å². The molecule has 6 heteroatoms. The second kappa shape index (κ2) is 3.33. The van der Waals surface area contributed by atoms with Crippen LogP contribution < -0.4 is 0 Å². The van der Waals surface area contributed by atoms with E-state index in [0.29, 0.717) is 5.84 Å². The topological polar surface area (TPSA) is 63.3 Å². The molecule has 13 heavy (non-hydrogen) atoms. The fourth-order valence-electron chi connectivity index (χ4n) is 0.884. The fourth-order valence-corrected chi connectivity index (χ4v) is 1.01. The van der Waals surface area contributed by atoms with Crippen molar-refractivity contribution in [1.29, 1.82) is 0 Å². The molecule has 1 heterocycles. The van der Waals surface area contributed by atoms with Crippen molar-refractivity contribution in [1.82, 2.24) is 14.8 Å². The van der Waals surface area contributed by atoms with Gasteiger partial charge < -0.3 is 5.21 Å². The molecule has 1 N–H and O–H groups in total. The van der Waals surface area contributed by atoms with Crippen LogP contribution in [0.5, 0.6) is 0 Å². The molecular weight excluding hydrogens is 192 g/mol. The summed E-state index contributed by atoms with van der Waals surface area (Å²) < 4.78 is 1.35. The fraction of sp³-hybridized carbons (Fsp3) is 0.571. The van der Waals surface area contributed by atoms with Crippen molar-refractivity contribution in [2.24, 2.45) is 10.6 Å². The molecule has 1 aromatic heterocycles. The lowest BCUT2D eigenvalue weighted by Crippen LogP contribution is -2.28. The predicted molar refractivity (Wildman–Crippen MR) is 49.1 cm³/mol. The minimum atomic E-state index is -0.314. The van der Waals surface area contributed by atoms with Crippen molar-refractivity contribution < 1.29 is 5.21 Å². The normalized spacial score (nSPS) is 13.4. The summed E-state index contributed by atoms with van der Waals surface area (Å²) in [4.78, 5) is 3.72. The molecule has 1 rings (SSSR count). The van der Waals surface area contributed by atoms with Gasteiger partial charge in [-0.25, -0.2) is 9.67 Å². The summed E-state index contributed by atoms with van der Waals surface area (Å²) in [5.41, 5.74) is -0.314. The van der Waals surface area contributed by atoms with Crippen molar-refractivity contribution in [3.63, 3.8) is 0 Å². The summed E-state index contributed by atoms with van der Waals surface area (Å²) in [6.45, 7) is 5.70. The van der Waals surface area contributed by atoms with Crippen LogP contribution in [0.1, 0.15) is 20.8 Å². The third-order valence-corrected chi connectivity index (χ3v) is 1.62. The van der Waals surface area contributed by atoms with Crippen LogP contribution >= 0.6 is 11.6 Å². The molecule has 5 nitrogen and oxygen atoms in total. The SMILES string of the molecule is CC(C)(C)/C(=N\O)n1cnc(Cl)n1. The second-order valence-electron chi connectivity index (χ2n) is 3.63. The van der Waals surface area contributed by atoms with Gasteiger partial charge in [0.25, 0.3) is 0 Å². The highest BCUT2D eigenvalue weighted by molar-refractivity contribution is 6.28. The Bertz CT molecular complexity index is 325. The van der Waals surface area contributed by atoms with Crippen LogP contribution in [-0.4, -0.2) is 25.8 Å². The Kier molecular flexibility index (Phi) is 2.56. The first-order valence-electron chi connectivity index (χ1n) is 3.75. The second-order valence-corrected chi connectivity index (χ2v) is 3.97. The number of hydrogen-bond acceptors (Lipinski definition) is 4. The molecule has 0 fully saturated rings. The van der Waals surface area contributed by atoms with Crippen molar-refractivity contribution >= 4 is 17.4 Å². The Labute approximate surface area is 81.0 Å². The Morgan fingerprint density at radius 1 is 1.62 bits per heavy atom. The van der Waals surface area contributed by atoms with Gasteiger partial charge in [-0.2, -0.15) is 0 Å². The molecule has 0 aliphatic carbocycles. The van der Waals surface area contributed by atoms with Gasteiger partial charge in [0.15, 0.2) is 5.84 Å². The number of halogens is 1. The zero-order valence-electron chi connectivity index (χ0n) is 7.69. The van der Waals surface area contributed by atoms with Crippen LogP contribution in [-0.2, 0) is 0 Å². The smallest absolute Gasteiger partial charge is 0.242 e. The van der Waals surface area contributed by atoms with Gasteiger partial charge in [-0.3, -0.25) is 0 Å². The lowest BCUT2D eigenvalue weighted by Gasteiger charge is -2.18. The van der Waals surface area contributed by atoms with E-state index in [1.165, 1.54) is 11.0 Å². The van der Waals surface area contributed by atoms with Crippen LogP contribution in [0.3, 0.4) is 0 Å². The lowest BCUT2D eigenvalue weighted by atomic mass is 9.95. The van der Waals surface area contributed by atoms with E-state index in [1.807, 2.05) is 20.8 Å². The third-order valence-electron chi connectivity index (χ3n) is 1.45. The van der Waals surface area contributed by atoms with E-state index >= 15 is 0 Å². The Balaban J connectivity index is 3.06. The molecule has 0 saturated heterocycles. The van der Waals surface area contributed by atoms with Crippen LogP contribution in [0.25, 0.3) is 0 Å². The Hall–Kier alpha value is -1.10. The van der Waals surface area contributed by atoms with Crippen LogP contribution in [0.4, 0.5) is 0 Å². The molecular formula is C7H11ClN4O. The average Bonchev–Trinajstić information content (AvgIpc) is 2.34. The molecule has 0 saturated carbocycles. The molecule has 0 bridgehead atoms. The summed E-state index contributed by atoms with van der Waals surface area (Å²) in [6.07, 6.45) is 1.41. The highest BCUT2D eigenvalue weighted by Crippen LogP contribution is 2.17. The Morgan fingerprint density at radius 2 is 2.23 bits per heavy atom. The van der Waals surface area contributed by atoms with Crippen molar-refractivity contribution in [2.75, 3.05) is 0 Å².